The van der Waals surface area contributed by atoms with Gasteiger partial charge in [-0.25, -0.2) is 4.79 Å². The van der Waals surface area contributed by atoms with Crippen LogP contribution in [0, 0.1) is 6.07 Å². The second-order valence-electron chi connectivity index (χ2n) is 3.91. The molecule has 2 nitrogen and oxygen atoms in total. The minimum absolute atomic E-state index is 0.324. The summed E-state index contributed by atoms with van der Waals surface area (Å²) in [6.45, 7) is 0. The van der Waals surface area contributed by atoms with Crippen molar-refractivity contribution in [3.05, 3.63) is 60.2 Å². The lowest BCUT2D eigenvalue weighted by molar-refractivity contribution is 0.0699. The molecule has 0 spiro atoms. The number of carbonyl (C=O) groups is 1. The summed E-state index contributed by atoms with van der Waals surface area (Å²) < 4.78 is 0. The Balaban J connectivity index is 2.52. The van der Waals surface area contributed by atoms with Gasteiger partial charge in [0.15, 0.2) is 0 Å². The average Bonchev–Trinajstić information content (AvgIpc) is 2.37. The topological polar surface area (TPSA) is 37.3 Å². The lowest BCUT2D eigenvalue weighted by Gasteiger charge is -2.05. The van der Waals surface area contributed by atoms with Crippen LogP contribution in [-0.2, 0) is 0 Å². The Hall–Kier alpha value is -2.35. The van der Waals surface area contributed by atoms with E-state index in [1.54, 1.807) is 18.2 Å². The molecule has 0 aromatic heterocycles. The number of aromatic carboxylic acids is 1. The van der Waals surface area contributed by atoms with E-state index in [2.05, 4.69) is 6.07 Å². The van der Waals surface area contributed by atoms with Crippen molar-refractivity contribution >= 4 is 27.5 Å². The maximum absolute atomic E-state index is 11.1. The van der Waals surface area contributed by atoms with Crippen LogP contribution in [0.3, 0.4) is 0 Å². The molecule has 17 heavy (non-hydrogen) atoms. The Morgan fingerprint density at radius 3 is 2.53 bits per heavy atom. The van der Waals surface area contributed by atoms with E-state index in [0.717, 1.165) is 21.5 Å². The van der Waals surface area contributed by atoms with Gasteiger partial charge in [-0.2, -0.15) is 0 Å². The maximum atomic E-state index is 11.1. The minimum atomic E-state index is -0.903. The molecule has 3 rings (SSSR count). The van der Waals surface area contributed by atoms with Crippen molar-refractivity contribution in [1.29, 1.82) is 0 Å². The van der Waals surface area contributed by atoms with Crippen molar-refractivity contribution in [3.63, 3.8) is 0 Å². The standard InChI is InChI=1S/C15H9O2/c16-15(17)14-7-3-6-12-11-5-2-1-4-10(11)8-9-13(12)14/h1-7,9H,(H,16,17). The smallest absolute Gasteiger partial charge is 0.336 e. The predicted octanol–water partition coefficient (Wildman–Crippen LogP) is 3.49. The third kappa shape index (κ3) is 1.46. The summed E-state index contributed by atoms with van der Waals surface area (Å²) in [5.74, 6) is -0.903. The molecule has 0 saturated heterocycles. The summed E-state index contributed by atoms with van der Waals surface area (Å²) in [6.07, 6.45) is 0. The second kappa shape index (κ2) is 3.59. The molecule has 0 atom stereocenters. The Labute approximate surface area is 98.1 Å². The number of fused-ring (bicyclic) bond motifs is 3. The summed E-state index contributed by atoms with van der Waals surface area (Å²) in [6, 6.07) is 18.1. The zero-order valence-electron chi connectivity index (χ0n) is 8.97. The van der Waals surface area contributed by atoms with Gasteiger partial charge >= 0.3 is 5.97 Å². The molecule has 1 N–H and O–H groups in total. The van der Waals surface area contributed by atoms with Gasteiger partial charge in [0.05, 0.1) is 5.56 Å². The van der Waals surface area contributed by atoms with E-state index in [1.165, 1.54) is 0 Å². The van der Waals surface area contributed by atoms with Gasteiger partial charge in [-0.3, -0.25) is 0 Å². The van der Waals surface area contributed by atoms with Crippen molar-refractivity contribution in [1.82, 2.24) is 0 Å². The van der Waals surface area contributed by atoms with Crippen LogP contribution in [0.25, 0.3) is 21.5 Å². The quantitative estimate of drug-likeness (QED) is 0.638. The molecule has 0 fully saturated rings. The van der Waals surface area contributed by atoms with Crippen LogP contribution < -0.4 is 0 Å². The Kier molecular flexibility index (Phi) is 2.08. The molecule has 3 aromatic rings. The van der Waals surface area contributed by atoms with E-state index in [4.69, 9.17) is 5.11 Å². The number of benzene rings is 3. The van der Waals surface area contributed by atoms with Crippen molar-refractivity contribution in [2.24, 2.45) is 0 Å². The normalized spacial score (nSPS) is 10.8. The second-order valence-corrected chi connectivity index (χ2v) is 3.91. The van der Waals surface area contributed by atoms with E-state index in [9.17, 15) is 4.79 Å². The highest BCUT2D eigenvalue weighted by molar-refractivity contribution is 6.13. The van der Waals surface area contributed by atoms with Crippen LogP contribution in [0.4, 0.5) is 0 Å². The molecule has 0 amide bonds. The first kappa shape index (κ1) is 9.85. The lowest BCUT2D eigenvalue weighted by atomic mass is 9.98. The van der Waals surface area contributed by atoms with Gasteiger partial charge < -0.3 is 5.11 Å². The van der Waals surface area contributed by atoms with E-state index in [0.29, 0.717) is 5.56 Å². The van der Waals surface area contributed by atoms with Crippen molar-refractivity contribution < 1.29 is 9.90 Å². The van der Waals surface area contributed by atoms with Gasteiger partial charge in [0.1, 0.15) is 0 Å². The third-order valence-electron chi connectivity index (χ3n) is 2.93. The number of hydrogen-bond acceptors (Lipinski definition) is 1. The number of hydrogen-bond donors (Lipinski definition) is 1. The Bertz CT molecular complexity index is 729. The molecule has 2 heteroatoms. The molecule has 0 aliphatic heterocycles. The van der Waals surface area contributed by atoms with Gasteiger partial charge in [-0.05, 0) is 39.7 Å². The van der Waals surface area contributed by atoms with Crippen LogP contribution in [0.2, 0.25) is 0 Å². The van der Waals surface area contributed by atoms with Crippen LogP contribution >= 0.6 is 0 Å². The highest BCUT2D eigenvalue weighted by atomic mass is 16.4. The molecule has 1 radical (unpaired) electrons. The summed E-state index contributed by atoms with van der Waals surface area (Å²) >= 11 is 0. The molecule has 0 aliphatic carbocycles. The number of carboxylic acids is 1. The summed E-state index contributed by atoms with van der Waals surface area (Å²) in [4.78, 5) is 11.1. The van der Waals surface area contributed by atoms with E-state index < -0.39 is 5.97 Å². The fraction of sp³-hybridized carbons (Fsp3) is 0. The molecule has 0 bridgehead atoms. The number of carboxylic acid groups (broad SMARTS) is 1. The SMILES string of the molecule is O=C(O)c1cccc2c1c[c]c1ccccc12. The highest BCUT2D eigenvalue weighted by Crippen LogP contribution is 2.27. The van der Waals surface area contributed by atoms with Gasteiger partial charge in [0.25, 0.3) is 0 Å². The highest BCUT2D eigenvalue weighted by Gasteiger charge is 2.09. The maximum Gasteiger partial charge on any atom is 0.336 e. The third-order valence-corrected chi connectivity index (χ3v) is 2.93. The fourth-order valence-corrected chi connectivity index (χ4v) is 2.14. The zero-order chi connectivity index (χ0) is 11.8. The summed E-state index contributed by atoms with van der Waals surface area (Å²) in [5, 5.41) is 12.9. The van der Waals surface area contributed by atoms with Crippen LogP contribution in [-0.4, -0.2) is 11.1 Å². The zero-order valence-corrected chi connectivity index (χ0v) is 8.97. The number of rotatable bonds is 1. The Morgan fingerprint density at radius 2 is 1.71 bits per heavy atom. The average molecular weight is 221 g/mol. The Morgan fingerprint density at radius 1 is 0.941 bits per heavy atom. The molecule has 81 valence electrons. The summed E-state index contributed by atoms with van der Waals surface area (Å²) in [5.41, 5.74) is 0.324. The molecule has 0 aliphatic rings. The first-order valence-corrected chi connectivity index (χ1v) is 5.33. The van der Waals surface area contributed by atoms with Crippen LogP contribution in [0.5, 0.6) is 0 Å². The molecule has 3 aromatic carbocycles. The van der Waals surface area contributed by atoms with Crippen LogP contribution in [0.15, 0.2) is 48.5 Å². The minimum Gasteiger partial charge on any atom is -0.478 e. The lowest BCUT2D eigenvalue weighted by Crippen LogP contribution is -1.97. The molecular formula is C15H9O2. The largest absolute Gasteiger partial charge is 0.478 e. The molecule has 0 unspecified atom stereocenters. The van der Waals surface area contributed by atoms with Gasteiger partial charge in [0.2, 0.25) is 0 Å². The molecule has 0 saturated carbocycles. The summed E-state index contributed by atoms with van der Waals surface area (Å²) in [7, 11) is 0. The van der Waals surface area contributed by atoms with Gasteiger partial charge in [0, 0.05) is 0 Å². The first-order valence-electron chi connectivity index (χ1n) is 5.33. The first-order chi connectivity index (χ1) is 8.27. The molecule has 0 heterocycles. The van der Waals surface area contributed by atoms with Gasteiger partial charge in [-0.1, -0.05) is 36.4 Å². The molecular weight excluding hydrogens is 212 g/mol. The monoisotopic (exact) mass is 221 g/mol. The van der Waals surface area contributed by atoms with E-state index >= 15 is 0 Å². The van der Waals surface area contributed by atoms with Gasteiger partial charge in [-0.15, -0.1) is 0 Å². The van der Waals surface area contributed by atoms with Crippen molar-refractivity contribution in [2.45, 2.75) is 0 Å². The van der Waals surface area contributed by atoms with Crippen LogP contribution in [0.1, 0.15) is 10.4 Å². The van der Waals surface area contributed by atoms with Crippen molar-refractivity contribution in [2.75, 3.05) is 0 Å². The van der Waals surface area contributed by atoms with E-state index in [-0.39, 0.29) is 0 Å². The predicted molar refractivity (Wildman–Crippen MR) is 67.2 cm³/mol. The van der Waals surface area contributed by atoms with Crippen molar-refractivity contribution in [3.8, 4) is 0 Å². The van der Waals surface area contributed by atoms with E-state index in [1.807, 2.05) is 30.3 Å². The fourth-order valence-electron chi connectivity index (χ4n) is 2.14.